The molecule has 1 fully saturated rings. The van der Waals surface area contributed by atoms with E-state index in [-0.39, 0.29) is 11.0 Å². The summed E-state index contributed by atoms with van der Waals surface area (Å²) in [5.74, 6) is 0.629. The highest BCUT2D eigenvalue weighted by Crippen LogP contribution is 2.14. The van der Waals surface area contributed by atoms with Crippen molar-refractivity contribution in [2.45, 2.75) is 13.5 Å². The Morgan fingerprint density at radius 1 is 1.38 bits per heavy atom. The van der Waals surface area contributed by atoms with Crippen molar-refractivity contribution in [3.8, 4) is 0 Å². The quantitative estimate of drug-likeness (QED) is 0.803. The molecule has 0 saturated carbocycles. The largest absolute Gasteiger partial charge is 0.338 e. The van der Waals surface area contributed by atoms with Crippen LogP contribution in [0.3, 0.4) is 0 Å². The molecule has 0 atom stereocenters. The summed E-state index contributed by atoms with van der Waals surface area (Å²) in [6, 6.07) is 0. The van der Waals surface area contributed by atoms with Crippen LogP contribution in [0.2, 0.25) is 0 Å². The second kappa shape index (κ2) is 5.61. The van der Waals surface area contributed by atoms with Crippen molar-refractivity contribution < 1.29 is 4.79 Å². The Kier molecular flexibility index (Phi) is 3.66. The van der Waals surface area contributed by atoms with Gasteiger partial charge in [-0.05, 0) is 6.92 Å². The van der Waals surface area contributed by atoms with Gasteiger partial charge in [-0.25, -0.2) is 4.98 Å². The van der Waals surface area contributed by atoms with Crippen LogP contribution < -0.4 is 15.6 Å². The number of anilines is 1. The third kappa shape index (κ3) is 2.40. The maximum atomic E-state index is 12.2. The molecule has 0 aliphatic carbocycles. The fraction of sp³-hybridized carbons (Fsp3) is 0.429. The topological polar surface area (TPSA) is 80.1 Å². The average molecular weight is 287 g/mol. The molecule has 2 aromatic rings. The zero-order valence-corrected chi connectivity index (χ0v) is 11.9. The third-order valence-corrected chi connectivity index (χ3v) is 3.70. The van der Waals surface area contributed by atoms with Crippen LogP contribution in [0.15, 0.2) is 17.2 Å². The lowest BCUT2D eigenvalue weighted by molar-refractivity contribution is 0.112. The van der Waals surface area contributed by atoms with Crippen LogP contribution in [0.5, 0.6) is 0 Å². The lowest BCUT2D eigenvalue weighted by atomic mass is 10.2. The van der Waals surface area contributed by atoms with Crippen molar-refractivity contribution >= 4 is 23.3 Å². The summed E-state index contributed by atoms with van der Waals surface area (Å²) < 4.78 is 1.81. The van der Waals surface area contributed by atoms with Crippen molar-refractivity contribution in [3.05, 3.63) is 28.2 Å². The molecular formula is C14H17N5O2. The highest BCUT2D eigenvalue weighted by Gasteiger charge is 2.16. The van der Waals surface area contributed by atoms with Crippen LogP contribution in [0.25, 0.3) is 11.0 Å². The zero-order chi connectivity index (χ0) is 14.8. The maximum Gasteiger partial charge on any atom is 0.227 e. The van der Waals surface area contributed by atoms with Gasteiger partial charge in [0.15, 0.2) is 6.29 Å². The Hall–Kier alpha value is -2.28. The van der Waals surface area contributed by atoms with Crippen molar-refractivity contribution in [2.24, 2.45) is 0 Å². The van der Waals surface area contributed by atoms with E-state index in [1.807, 2.05) is 11.5 Å². The standard InChI is InChI=1S/C14H17N5O2/c1-2-18-8-10(9-20)12(21)11-7-16-14(17-13(11)18)19-5-3-15-4-6-19/h7-9,15H,2-6H2,1H3. The molecule has 7 heteroatoms. The van der Waals surface area contributed by atoms with Crippen LogP contribution >= 0.6 is 0 Å². The van der Waals surface area contributed by atoms with Crippen molar-refractivity contribution in [1.29, 1.82) is 0 Å². The average Bonchev–Trinajstić information content (AvgIpc) is 2.56. The molecule has 7 nitrogen and oxygen atoms in total. The van der Waals surface area contributed by atoms with Gasteiger partial charge in [-0.15, -0.1) is 0 Å². The number of piperazine rings is 1. The van der Waals surface area contributed by atoms with E-state index in [2.05, 4.69) is 20.2 Å². The van der Waals surface area contributed by atoms with Crippen molar-refractivity contribution in [2.75, 3.05) is 31.1 Å². The van der Waals surface area contributed by atoms with Crippen molar-refractivity contribution in [3.63, 3.8) is 0 Å². The lowest BCUT2D eigenvalue weighted by Gasteiger charge is -2.27. The summed E-state index contributed by atoms with van der Waals surface area (Å²) in [4.78, 5) is 34.1. The number of aryl methyl sites for hydroxylation is 1. The molecule has 0 amide bonds. The number of rotatable bonds is 3. The van der Waals surface area contributed by atoms with Gasteiger partial charge in [-0.2, -0.15) is 4.98 Å². The number of hydrogen-bond donors (Lipinski definition) is 1. The number of fused-ring (bicyclic) bond motifs is 1. The van der Waals surface area contributed by atoms with E-state index < -0.39 is 0 Å². The molecule has 1 N–H and O–H groups in total. The molecule has 3 heterocycles. The first-order valence-corrected chi connectivity index (χ1v) is 7.05. The Morgan fingerprint density at radius 2 is 2.14 bits per heavy atom. The summed E-state index contributed by atoms with van der Waals surface area (Å²) in [5.41, 5.74) is 0.413. The van der Waals surface area contributed by atoms with Gasteiger partial charge >= 0.3 is 0 Å². The predicted molar refractivity (Wildman–Crippen MR) is 79.9 cm³/mol. The van der Waals surface area contributed by atoms with Gasteiger partial charge in [-0.1, -0.05) is 0 Å². The molecule has 0 radical (unpaired) electrons. The molecule has 1 aliphatic heterocycles. The Balaban J connectivity index is 2.16. The first kappa shape index (κ1) is 13.7. The van der Waals surface area contributed by atoms with Gasteiger partial charge in [0, 0.05) is 45.1 Å². The van der Waals surface area contributed by atoms with Crippen LogP contribution in [-0.2, 0) is 6.54 Å². The fourth-order valence-electron chi connectivity index (χ4n) is 2.53. The van der Waals surface area contributed by atoms with Crippen molar-refractivity contribution in [1.82, 2.24) is 19.9 Å². The van der Waals surface area contributed by atoms with Crippen LogP contribution in [0, 0.1) is 0 Å². The van der Waals surface area contributed by atoms with E-state index in [0.717, 1.165) is 26.2 Å². The Bertz CT molecular complexity index is 734. The Labute approximate surface area is 121 Å². The number of carbonyl (C=O) groups is 1. The van der Waals surface area contributed by atoms with Gasteiger partial charge in [0.25, 0.3) is 0 Å². The smallest absolute Gasteiger partial charge is 0.227 e. The van der Waals surface area contributed by atoms with E-state index in [4.69, 9.17) is 0 Å². The fourth-order valence-corrected chi connectivity index (χ4v) is 2.53. The highest BCUT2D eigenvalue weighted by molar-refractivity contribution is 5.84. The van der Waals surface area contributed by atoms with E-state index >= 15 is 0 Å². The minimum Gasteiger partial charge on any atom is -0.338 e. The van der Waals surface area contributed by atoms with Gasteiger partial charge < -0.3 is 14.8 Å². The normalized spacial score (nSPS) is 15.4. The maximum absolute atomic E-state index is 12.2. The first-order chi connectivity index (χ1) is 10.2. The summed E-state index contributed by atoms with van der Waals surface area (Å²) >= 11 is 0. The van der Waals surface area contributed by atoms with E-state index in [1.165, 1.54) is 6.20 Å². The zero-order valence-electron chi connectivity index (χ0n) is 11.9. The van der Waals surface area contributed by atoms with Crippen LogP contribution in [0.1, 0.15) is 17.3 Å². The van der Waals surface area contributed by atoms with Crippen LogP contribution in [0.4, 0.5) is 5.95 Å². The third-order valence-electron chi connectivity index (χ3n) is 3.70. The summed E-state index contributed by atoms with van der Waals surface area (Å²) in [7, 11) is 0. The number of aldehydes is 1. The molecule has 0 bridgehead atoms. The molecule has 1 saturated heterocycles. The molecule has 1 aliphatic rings. The second-order valence-electron chi connectivity index (χ2n) is 4.96. The minimum atomic E-state index is -0.309. The van der Waals surface area contributed by atoms with Gasteiger partial charge in [0.2, 0.25) is 11.4 Å². The second-order valence-corrected chi connectivity index (χ2v) is 4.96. The molecule has 21 heavy (non-hydrogen) atoms. The Morgan fingerprint density at radius 3 is 2.81 bits per heavy atom. The minimum absolute atomic E-state index is 0.142. The first-order valence-electron chi connectivity index (χ1n) is 7.05. The molecule has 2 aromatic heterocycles. The molecular weight excluding hydrogens is 270 g/mol. The van der Waals surface area contributed by atoms with Gasteiger partial charge in [0.1, 0.15) is 5.65 Å². The highest BCUT2D eigenvalue weighted by atomic mass is 16.1. The van der Waals surface area contributed by atoms with Crippen LogP contribution in [-0.4, -0.2) is 47.0 Å². The van der Waals surface area contributed by atoms with Gasteiger partial charge in [0.05, 0.1) is 10.9 Å². The number of nitrogens with zero attached hydrogens (tertiary/aromatic N) is 4. The summed E-state index contributed by atoms with van der Waals surface area (Å²) in [6.07, 6.45) is 3.67. The monoisotopic (exact) mass is 287 g/mol. The predicted octanol–water partition coefficient (Wildman–Crippen LogP) is 0.0335. The van der Waals surface area contributed by atoms with E-state index in [1.54, 1.807) is 6.20 Å². The summed E-state index contributed by atoms with van der Waals surface area (Å²) in [5, 5.41) is 3.67. The number of pyridine rings is 1. The molecule has 0 aromatic carbocycles. The number of carbonyl (C=O) groups excluding carboxylic acids is 1. The number of nitrogens with one attached hydrogen (secondary N) is 1. The molecule has 0 unspecified atom stereocenters. The number of aromatic nitrogens is 3. The van der Waals surface area contributed by atoms with E-state index in [0.29, 0.717) is 29.8 Å². The van der Waals surface area contributed by atoms with Gasteiger partial charge in [-0.3, -0.25) is 9.59 Å². The SMILES string of the molecule is CCn1cc(C=O)c(=O)c2cnc(N3CCNCC3)nc21. The molecule has 3 rings (SSSR count). The number of hydrogen-bond acceptors (Lipinski definition) is 6. The summed E-state index contributed by atoms with van der Waals surface area (Å²) in [6.45, 7) is 6.06. The van der Waals surface area contributed by atoms with E-state index in [9.17, 15) is 9.59 Å². The molecule has 0 spiro atoms. The molecule has 110 valence electrons. The lowest BCUT2D eigenvalue weighted by Crippen LogP contribution is -2.44.